The molecule has 8 heteroatoms. The number of amides is 3. The van der Waals surface area contributed by atoms with E-state index in [0.717, 1.165) is 16.9 Å². The number of aliphatic imine (C=N–C) groups is 1. The molecule has 0 N–H and O–H groups in total. The molecule has 3 aliphatic heterocycles. The number of guanidine groups is 1. The molecule has 1 saturated heterocycles. The van der Waals surface area contributed by atoms with Gasteiger partial charge in [0.15, 0.2) is 0 Å². The molecular weight excluding hydrogens is 332 g/mol. The molecule has 3 rings (SSSR count). The van der Waals surface area contributed by atoms with E-state index in [2.05, 4.69) is 23.3 Å². The molecule has 1 fully saturated rings. The van der Waals surface area contributed by atoms with Crippen molar-refractivity contribution < 1.29 is 14.2 Å². The third-order valence-corrected chi connectivity index (χ3v) is 4.71. The maximum atomic E-state index is 13.2. The Hall–Kier alpha value is -2.77. The quantitative estimate of drug-likeness (QED) is 0.562. The van der Waals surface area contributed by atoms with Gasteiger partial charge in [0.1, 0.15) is 12.6 Å². The molecule has 3 amide bonds. The number of imide groups is 1. The lowest BCUT2D eigenvalue weighted by Crippen LogP contribution is -2.64. The van der Waals surface area contributed by atoms with E-state index < -0.39 is 6.04 Å². The number of carbonyl (C=O) groups is 2. The van der Waals surface area contributed by atoms with Gasteiger partial charge >= 0.3 is 12.0 Å². The van der Waals surface area contributed by atoms with Gasteiger partial charge in [-0.15, -0.1) is 10.1 Å². The third kappa shape index (κ3) is 2.65. The number of nitrogens with zero attached hydrogens (tertiary/aromatic N) is 6. The molecule has 0 aromatic carbocycles. The highest BCUT2D eigenvalue weighted by Crippen LogP contribution is 2.26. The summed E-state index contributed by atoms with van der Waals surface area (Å²) in [5, 5.41) is 6.35. The Balaban J connectivity index is 2.07. The summed E-state index contributed by atoms with van der Waals surface area (Å²) in [5.41, 5.74) is 2.56. The zero-order valence-corrected chi connectivity index (χ0v) is 16.0. The van der Waals surface area contributed by atoms with E-state index >= 15 is 0 Å². The number of hydrogen-bond donors (Lipinski definition) is 0. The molecule has 3 aliphatic rings. The van der Waals surface area contributed by atoms with E-state index in [9.17, 15) is 9.59 Å². The van der Waals surface area contributed by atoms with Crippen LogP contribution in [0.4, 0.5) is 4.79 Å². The Bertz CT molecular complexity index is 822. The Morgan fingerprint density at radius 2 is 1.81 bits per heavy atom. The predicted octanol–water partition coefficient (Wildman–Crippen LogP) is 1.26. The van der Waals surface area contributed by atoms with Crippen LogP contribution in [-0.4, -0.2) is 81.1 Å². The first kappa shape index (κ1) is 18.0. The first-order valence-electron chi connectivity index (χ1n) is 8.57. The molecule has 8 nitrogen and oxygen atoms in total. The van der Waals surface area contributed by atoms with Crippen LogP contribution in [-0.2, 0) is 4.79 Å². The molecule has 0 aliphatic carbocycles. The molecule has 0 aromatic heterocycles. The van der Waals surface area contributed by atoms with Crippen LogP contribution in [0.2, 0.25) is 0 Å². The molecule has 0 radical (unpaired) electrons. The smallest absolute Gasteiger partial charge is 0.270 e. The van der Waals surface area contributed by atoms with Crippen LogP contribution in [0.1, 0.15) is 27.7 Å². The zero-order chi connectivity index (χ0) is 19.3. The summed E-state index contributed by atoms with van der Waals surface area (Å²) >= 11 is 0. The van der Waals surface area contributed by atoms with E-state index in [1.807, 2.05) is 25.3 Å². The minimum atomic E-state index is -0.639. The van der Waals surface area contributed by atoms with Crippen molar-refractivity contribution in [1.29, 1.82) is 0 Å². The van der Waals surface area contributed by atoms with Crippen molar-refractivity contribution in [3.05, 3.63) is 24.3 Å². The molecule has 0 spiro atoms. The van der Waals surface area contributed by atoms with Gasteiger partial charge in [-0.1, -0.05) is 23.7 Å². The SMILES string of the molecule is C=C(C)CN1N=C(C)C(C)[N+]2=C1N=C1C2C(=O)N(CC(=C)C)C(=O)N1C. The van der Waals surface area contributed by atoms with Crippen molar-refractivity contribution in [2.24, 2.45) is 10.1 Å². The van der Waals surface area contributed by atoms with Crippen molar-refractivity contribution in [2.45, 2.75) is 39.8 Å². The van der Waals surface area contributed by atoms with Gasteiger partial charge in [-0.2, -0.15) is 0 Å². The van der Waals surface area contributed by atoms with Crippen molar-refractivity contribution in [2.75, 3.05) is 20.1 Å². The maximum absolute atomic E-state index is 13.2. The van der Waals surface area contributed by atoms with Crippen LogP contribution in [0.5, 0.6) is 0 Å². The molecular formula is C18H25N6O2+. The summed E-state index contributed by atoms with van der Waals surface area (Å²) in [6.45, 7) is 16.1. The summed E-state index contributed by atoms with van der Waals surface area (Å²) in [5.74, 6) is 0.745. The van der Waals surface area contributed by atoms with Gasteiger partial charge in [-0.25, -0.2) is 9.37 Å². The molecule has 0 saturated carbocycles. The van der Waals surface area contributed by atoms with E-state index in [-0.39, 0.29) is 24.5 Å². The number of hydrazone groups is 1. The van der Waals surface area contributed by atoms with E-state index in [0.29, 0.717) is 18.3 Å². The van der Waals surface area contributed by atoms with Gasteiger partial charge in [0.05, 0.1) is 12.3 Å². The molecule has 138 valence electrons. The molecule has 0 bridgehead atoms. The Morgan fingerprint density at radius 3 is 2.38 bits per heavy atom. The number of amidine groups is 1. The summed E-state index contributed by atoms with van der Waals surface area (Å²) in [4.78, 5) is 33.1. The third-order valence-electron chi connectivity index (χ3n) is 4.71. The highest BCUT2D eigenvalue weighted by Gasteiger charge is 2.56. The predicted molar refractivity (Wildman–Crippen MR) is 100 cm³/mol. The number of urea groups is 1. The topological polar surface area (TPSA) is 71.6 Å². The molecule has 3 heterocycles. The summed E-state index contributed by atoms with van der Waals surface area (Å²) in [6, 6.07) is -1.12. The highest BCUT2D eigenvalue weighted by molar-refractivity contribution is 6.23. The Kier molecular flexibility index (Phi) is 4.29. The van der Waals surface area contributed by atoms with Gasteiger partial charge in [-0.05, 0) is 33.3 Å². The fourth-order valence-corrected chi connectivity index (χ4v) is 3.35. The average Bonchev–Trinajstić information content (AvgIpc) is 2.95. The van der Waals surface area contributed by atoms with Crippen molar-refractivity contribution in [3.63, 3.8) is 0 Å². The average molecular weight is 357 g/mol. The lowest BCUT2D eigenvalue weighted by molar-refractivity contribution is -0.559. The van der Waals surface area contributed by atoms with E-state index in [1.165, 1.54) is 9.80 Å². The van der Waals surface area contributed by atoms with Crippen molar-refractivity contribution in [3.8, 4) is 0 Å². The normalized spacial score (nSPS) is 25.2. The number of carbonyl (C=O) groups excluding carboxylic acids is 2. The van der Waals surface area contributed by atoms with Gasteiger partial charge in [0.2, 0.25) is 11.9 Å². The Labute approximate surface area is 153 Å². The standard InChI is InChI=1S/C18H25N6O2/c1-10(2)8-22-16(25)14-15(21(7)18(22)26)19-17-23(9-11(3)4)20-12(5)13(6)24(14)17/h13-14H,1,3,8-9H2,2,4-7H3/q+1. The molecule has 2 unspecified atom stereocenters. The number of likely N-dealkylation sites (N-methyl/N-ethyl adjacent to an activating group) is 1. The van der Waals surface area contributed by atoms with Crippen molar-refractivity contribution in [1.82, 2.24) is 14.8 Å². The minimum absolute atomic E-state index is 0.102. The highest BCUT2D eigenvalue weighted by atomic mass is 16.2. The lowest BCUT2D eigenvalue weighted by atomic mass is 10.1. The maximum Gasteiger partial charge on any atom is 0.417 e. The minimum Gasteiger partial charge on any atom is -0.270 e. The van der Waals surface area contributed by atoms with Gasteiger partial charge in [0, 0.05) is 7.05 Å². The second kappa shape index (κ2) is 6.19. The molecule has 2 atom stereocenters. The zero-order valence-electron chi connectivity index (χ0n) is 16.0. The lowest BCUT2D eigenvalue weighted by Gasteiger charge is -2.35. The van der Waals surface area contributed by atoms with Crippen LogP contribution < -0.4 is 0 Å². The van der Waals surface area contributed by atoms with Crippen LogP contribution in [0, 0.1) is 0 Å². The number of fused-ring (bicyclic) bond motifs is 2. The Morgan fingerprint density at radius 1 is 1.19 bits per heavy atom. The van der Waals surface area contributed by atoms with E-state index in [4.69, 9.17) is 0 Å². The molecule has 26 heavy (non-hydrogen) atoms. The van der Waals surface area contributed by atoms with Crippen LogP contribution in [0.3, 0.4) is 0 Å². The summed E-state index contributed by atoms with van der Waals surface area (Å²) in [7, 11) is 1.65. The second-order valence-corrected chi connectivity index (χ2v) is 7.24. The summed E-state index contributed by atoms with van der Waals surface area (Å²) in [6.07, 6.45) is 0. The van der Waals surface area contributed by atoms with Crippen LogP contribution in [0.15, 0.2) is 34.4 Å². The summed E-state index contributed by atoms with van der Waals surface area (Å²) < 4.78 is 1.94. The monoisotopic (exact) mass is 357 g/mol. The largest absolute Gasteiger partial charge is 0.417 e. The van der Waals surface area contributed by atoms with Gasteiger partial charge in [-0.3, -0.25) is 14.6 Å². The number of rotatable bonds is 4. The van der Waals surface area contributed by atoms with Crippen LogP contribution >= 0.6 is 0 Å². The first-order valence-corrected chi connectivity index (χ1v) is 8.57. The number of hydrogen-bond acceptors (Lipinski definition) is 5. The fourth-order valence-electron chi connectivity index (χ4n) is 3.35. The fraction of sp³-hybridized carbons (Fsp3) is 0.500. The van der Waals surface area contributed by atoms with Gasteiger partial charge < -0.3 is 0 Å². The first-order chi connectivity index (χ1) is 12.1. The second-order valence-electron chi connectivity index (χ2n) is 7.24. The molecule has 0 aromatic rings. The van der Waals surface area contributed by atoms with E-state index in [1.54, 1.807) is 19.0 Å². The van der Waals surface area contributed by atoms with Gasteiger partial charge in [0.25, 0.3) is 5.91 Å². The van der Waals surface area contributed by atoms with Crippen molar-refractivity contribution >= 4 is 29.4 Å². The van der Waals surface area contributed by atoms with Crippen LogP contribution in [0.25, 0.3) is 0 Å².